The van der Waals surface area contributed by atoms with Gasteiger partial charge in [0, 0.05) is 25.4 Å². The van der Waals surface area contributed by atoms with E-state index in [-0.39, 0.29) is 0 Å². The largest absolute Gasteiger partial charge is 0.493 e. The summed E-state index contributed by atoms with van der Waals surface area (Å²) in [6.45, 7) is 4.69. The predicted molar refractivity (Wildman–Crippen MR) is 71.1 cm³/mol. The van der Waals surface area contributed by atoms with Crippen LogP contribution in [0.4, 0.5) is 0 Å². The number of aromatic nitrogens is 4. The summed E-state index contributed by atoms with van der Waals surface area (Å²) < 4.78 is 8.77. The van der Waals surface area contributed by atoms with E-state index in [1.54, 1.807) is 22.7 Å². The highest BCUT2D eigenvalue weighted by Crippen LogP contribution is 2.31. The molecule has 19 heavy (non-hydrogen) atoms. The monoisotopic (exact) mass is 264 g/mol. The van der Waals surface area contributed by atoms with Gasteiger partial charge in [-0.25, -0.2) is 0 Å². The number of hydrogen-bond acceptors (Lipinski definition) is 4. The molecule has 0 saturated carbocycles. The van der Waals surface area contributed by atoms with Crippen molar-refractivity contribution in [3.8, 4) is 5.75 Å². The Bertz CT molecular complexity index is 559. The highest BCUT2D eigenvalue weighted by Gasteiger charge is 2.24. The lowest BCUT2D eigenvalue weighted by Gasteiger charge is -2.14. The fraction of sp³-hybridized carbons (Fsp3) is 0.538. The molecule has 2 rings (SSSR count). The van der Waals surface area contributed by atoms with Crippen molar-refractivity contribution in [1.29, 1.82) is 0 Å². The second-order valence-corrected chi connectivity index (χ2v) is 4.57. The summed E-state index contributed by atoms with van der Waals surface area (Å²) in [5.74, 6) is 0.601. The van der Waals surface area contributed by atoms with Gasteiger partial charge in [-0.05, 0) is 13.3 Å². The average molecular weight is 264 g/mol. The molecule has 6 heteroatoms. The molecule has 0 amide bonds. The minimum Gasteiger partial charge on any atom is -0.493 e. The van der Waals surface area contributed by atoms with Gasteiger partial charge in [-0.1, -0.05) is 6.92 Å². The Kier molecular flexibility index (Phi) is 3.90. The molecule has 1 unspecified atom stereocenters. The predicted octanol–water partition coefficient (Wildman–Crippen LogP) is 1.43. The molecule has 2 heterocycles. The molecular formula is C13H20N4O2. The van der Waals surface area contributed by atoms with Gasteiger partial charge in [0.1, 0.15) is 11.8 Å². The first kappa shape index (κ1) is 13.6. The van der Waals surface area contributed by atoms with Crippen LogP contribution in [0.25, 0.3) is 0 Å². The van der Waals surface area contributed by atoms with Gasteiger partial charge in [-0.15, -0.1) is 0 Å². The zero-order valence-electron chi connectivity index (χ0n) is 11.8. The minimum absolute atomic E-state index is 0.601. The number of rotatable bonds is 5. The van der Waals surface area contributed by atoms with E-state index in [4.69, 9.17) is 4.74 Å². The molecule has 0 saturated heterocycles. The van der Waals surface area contributed by atoms with Crippen LogP contribution < -0.4 is 4.74 Å². The van der Waals surface area contributed by atoms with Gasteiger partial charge in [0.05, 0.1) is 19.0 Å². The van der Waals surface area contributed by atoms with Crippen molar-refractivity contribution in [2.24, 2.45) is 7.05 Å². The van der Waals surface area contributed by atoms with Gasteiger partial charge in [-0.2, -0.15) is 10.2 Å². The molecule has 2 aromatic rings. The topological polar surface area (TPSA) is 65.1 Å². The van der Waals surface area contributed by atoms with Crippen molar-refractivity contribution >= 4 is 0 Å². The lowest BCUT2D eigenvalue weighted by molar-refractivity contribution is 0.201. The second-order valence-electron chi connectivity index (χ2n) is 4.57. The smallest absolute Gasteiger partial charge is 0.163 e. The van der Waals surface area contributed by atoms with Crippen molar-refractivity contribution in [1.82, 2.24) is 19.6 Å². The maximum atomic E-state index is 10.6. The van der Waals surface area contributed by atoms with E-state index in [9.17, 15) is 5.11 Å². The Balaban J connectivity index is 2.44. The summed E-state index contributed by atoms with van der Waals surface area (Å²) in [6.07, 6.45) is 3.62. The van der Waals surface area contributed by atoms with Crippen LogP contribution in [-0.2, 0) is 13.6 Å². The third-order valence-electron chi connectivity index (χ3n) is 3.11. The highest BCUT2D eigenvalue weighted by molar-refractivity contribution is 5.35. The van der Waals surface area contributed by atoms with Crippen molar-refractivity contribution in [2.45, 2.75) is 32.9 Å². The molecule has 6 nitrogen and oxygen atoms in total. The zero-order chi connectivity index (χ0) is 14.0. The van der Waals surface area contributed by atoms with E-state index in [1.807, 2.05) is 20.2 Å². The number of ether oxygens (including phenoxy) is 1. The summed E-state index contributed by atoms with van der Waals surface area (Å²) in [7, 11) is 3.42. The normalized spacial score (nSPS) is 12.7. The first-order valence-electron chi connectivity index (χ1n) is 6.36. The van der Waals surface area contributed by atoms with Crippen LogP contribution in [0.5, 0.6) is 5.75 Å². The molecule has 0 aliphatic rings. The molecular weight excluding hydrogens is 244 g/mol. The number of methoxy groups -OCH3 is 1. The Morgan fingerprint density at radius 2 is 2.21 bits per heavy atom. The number of aliphatic hydroxyl groups is 1. The van der Waals surface area contributed by atoms with Crippen LogP contribution in [0.2, 0.25) is 0 Å². The van der Waals surface area contributed by atoms with E-state index in [0.717, 1.165) is 24.2 Å². The summed E-state index contributed by atoms with van der Waals surface area (Å²) in [4.78, 5) is 0. The molecule has 104 valence electrons. The zero-order valence-corrected chi connectivity index (χ0v) is 11.8. The van der Waals surface area contributed by atoms with Gasteiger partial charge in [-0.3, -0.25) is 9.36 Å². The van der Waals surface area contributed by atoms with Crippen LogP contribution >= 0.6 is 0 Å². The van der Waals surface area contributed by atoms with Gasteiger partial charge in [0.25, 0.3) is 0 Å². The summed E-state index contributed by atoms with van der Waals surface area (Å²) in [5.41, 5.74) is 2.26. The SMILES string of the molecule is CCCn1ncc(OC)c1C(O)c1cn(C)nc1C. The number of hydrogen-bond donors (Lipinski definition) is 1. The van der Waals surface area contributed by atoms with Gasteiger partial charge >= 0.3 is 0 Å². The maximum absolute atomic E-state index is 10.6. The van der Waals surface area contributed by atoms with Crippen molar-refractivity contribution in [3.63, 3.8) is 0 Å². The lowest BCUT2D eigenvalue weighted by Crippen LogP contribution is -2.11. The summed E-state index contributed by atoms with van der Waals surface area (Å²) in [6, 6.07) is 0. The second kappa shape index (κ2) is 5.44. The first-order chi connectivity index (χ1) is 9.08. The fourth-order valence-electron chi connectivity index (χ4n) is 2.23. The van der Waals surface area contributed by atoms with E-state index in [0.29, 0.717) is 11.4 Å². The maximum Gasteiger partial charge on any atom is 0.163 e. The van der Waals surface area contributed by atoms with E-state index in [2.05, 4.69) is 17.1 Å². The molecule has 0 aliphatic heterocycles. The van der Waals surface area contributed by atoms with E-state index in [1.165, 1.54) is 0 Å². The van der Waals surface area contributed by atoms with Gasteiger partial charge in [0.15, 0.2) is 5.75 Å². The molecule has 0 fully saturated rings. The molecule has 0 aromatic carbocycles. The molecule has 1 N–H and O–H groups in total. The van der Waals surface area contributed by atoms with E-state index < -0.39 is 6.10 Å². The third kappa shape index (κ3) is 2.49. The Labute approximate surface area is 112 Å². The average Bonchev–Trinajstić information content (AvgIpc) is 2.92. The number of aliphatic hydroxyl groups excluding tert-OH is 1. The Morgan fingerprint density at radius 1 is 1.47 bits per heavy atom. The number of aryl methyl sites for hydroxylation is 3. The fourth-order valence-corrected chi connectivity index (χ4v) is 2.23. The Hall–Kier alpha value is -1.82. The molecule has 0 spiro atoms. The van der Waals surface area contributed by atoms with Crippen LogP contribution in [-0.4, -0.2) is 31.8 Å². The Morgan fingerprint density at radius 3 is 2.74 bits per heavy atom. The summed E-state index contributed by atoms with van der Waals surface area (Å²) in [5, 5.41) is 19.1. The highest BCUT2D eigenvalue weighted by atomic mass is 16.5. The molecule has 0 aliphatic carbocycles. The lowest BCUT2D eigenvalue weighted by atomic mass is 10.1. The van der Waals surface area contributed by atoms with Crippen molar-refractivity contribution in [3.05, 3.63) is 29.3 Å². The van der Waals surface area contributed by atoms with Crippen molar-refractivity contribution in [2.75, 3.05) is 7.11 Å². The van der Waals surface area contributed by atoms with Gasteiger partial charge in [0.2, 0.25) is 0 Å². The van der Waals surface area contributed by atoms with Crippen molar-refractivity contribution < 1.29 is 9.84 Å². The van der Waals surface area contributed by atoms with E-state index >= 15 is 0 Å². The van der Waals surface area contributed by atoms with Crippen LogP contribution in [0.1, 0.15) is 36.4 Å². The van der Waals surface area contributed by atoms with Gasteiger partial charge < -0.3 is 9.84 Å². The minimum atomic E-state index is -0.780. The van der Waals surface area contributed by atoms with Crippen LogP contribution in [0, 0.1) is 6.92 Å². The van der Waals surface area contributed by atoms with Crippen LogP contribution in [0.15, 0.2) is 12.4 Å². The molecule has 2 aromatic heterocycles. The third-order valence-corrected chi connectivity index (χ3v) is 3.11. The first-order valence-corrected chi connectivity index (χ1v) is 6.36. The molecule has 0 bridgehead atoms. The summed E-state index contributed by atoms with van der Waals surface area (Å²) >= 11 is 0. The number of nitrogens with zero attached hydrogens (tertiary/aromatic N) is 4. The standard InChI is InChI=1S/C13H20N4O2/c1-5-6-17-12(11(19-4)7-14-17)13(18)10-8-16(3)15-9(10)2/h7-8,13,18H,5-6H2,1-4H3. The molecule has 0 radical (unpaired) electrons. The van der Waals surface area contributed by atoms with Crippen LogP contribution in [0.3, 0.4) is 0 Å². The molecule has 1 atom stereocenters. The quantitative estimate of drug-likeness (QED) is 0.887.